The summed E-state index contributed by atoms with van der Waals surface area (Å²) in [6, 6.07) is 7.89. The molecule has 0 unspecified atom stereocenters. The standard InChI is InChI=1S/C14H19N3O2S/c1-16(2)8-5-9-17-12-7-4-3-6-11(12)15-14(17)20-10-13(18)19/h3-4,6-7H,5,8-10H2,1-2H3,(H,18,19). The molecule has 0 saturated heterocycles. The summed E-state index contributed by atoms with van der Waals surface area (Å²) in [6.45, 7) is 1.91. The van der Waals surface area contributed by atoms with Crippen molar-refractivity contribution < 1.29 is 14.8 Å². The maximum Gasteiger partial charge on any atom is 0.169 e. The van der Waals surface area contributed by atoms with Gasteiger partial charge in [0.25, 0.3) is 0 Å². The van der Waals surface area contributed by atoms with E-state index in [0.717, 1.165) is 35.7 Å². The summed E-state index contributed by atoms with van der Waals surface area (Å²) in [5.74, 6) is -1.13. The second kappa shape index (κ2) is 6.76. The van der Waals surface area contributed by atoms with Crippen LogP contribution in [0.25, 0.3) is 11.0 Å². The number of hydrogen-bond donors (Lipinski definition) is 1. The summed E-state index contributed by atoms with van der Waals surface area (Å²) in [6.07, 6.45) is 1.03. The number of nitrogens with zero attached hydrogens (tertiary/aromatic N) is 2. The lowest BCUT2D eigenvalue weighted by Crippen LogP contribution is -3.05. The van der Waals surface area contributed by atoms with Gasteiger partial charge in [0.15, 0.2) is 5.16 Å². The van der Waals surface area contributed by atoms with Crippen molar-refractivity contribution in [3.8, 4) is 0 Å². The molecule has 1 heterocycles. The molecule has 0 aliphatic heterocycles. The molecule has 0 amide bonds. The number of aromatic nitrogens is 2. The highest BCUT2D eigenvalue weighted by Gasteiger charge is 2.11. The summed E-state index contributed by atoms with van der Waals surface area (Å²) in [5, 5.41) is 11.4. The number of thioether (sulfide) groups is 1. The summed E-state index contributed by atoms with van der Waals surface area (Å²) in [5.41, 5.74) is 1.97. The molecule has 20 heavy (non-hydrogen) atoms. The molecular formula is C14H19N3O2S. The van der Waals surface area contributed by atoms with Crippen LogP contribution in [-0.4, -0.2) is 41.9 Å². The number of aliphatic carboxylic acids is 1. The van der Waals surface area contributed by atoms with Gasteiger partial charge >= 0.3 is 0 Å². The highest BCUT2D eigenvalue weighted by molar-refractivity contribution is 7.99. The summed E-state index contributed by atoms with van der Waals surface area (Å²) < 4.78 is 2.10. The van der Waals surface area contributed by atoms with Crippen molar-refractivity contribution in [1.29, 1.82) is 0 Å². The number of carbonyl (C=O) groups excluding carboxylic acids is 1. The molecule has 6 heteroatoms. The van der Waals surface area contributed by atoms with E-state index < -0.39 is 5.97 Å². The Labute approximate surface area is 122 Å². The zero-order valence-corrected chi connectivity index (χ0v) is 12.6. The van der Waals surface area contributed by atoms with Crippen LogP contribution in [-0.2, 0) is 11.3 Å². The number of carboxylic acid groups (broad SMARTS) is 1. The van der Waals surface area contributed by atoms with E-state index in [-0.39, 0.29) is 5.75 Å². The van der Waals surface area contributed by atoms with Gasteiger partial charge in [0.2, 0.25) is 0 Å². The van der Waals surface area contributed by atoms with Gasteiger partial charge in [-0.15, -0.1) is 0 Å². The van der Waals surface area contributed by atoms with Crippen molar-refractivity contribution in [2.24, 2.45) is 0 Å². The van der Waals surface area contributed by atoms with Crippen LogP contribution in [0.15, 0.2) is 29.4 Å². The van der Waals surface area contributed by atoms with E-state index in [1.54, 1.807) is 0 Å². The number of fused-ring (bicyclic) bond motifs is 1. The summed E-state index contributed by atoms with van der Waals surface area (Å²) >= 11 is 1.22. The average molecular weight is 293 g/mol. The normalized spacial score (nSPS) is 11.3. The Morgan fingerprint density at radius 1 is 1.40 bits per heavy atom. The maximum absolute atomic E-state index is 10.6. The molecular weight excluding hydrogens is 274 g/mol. The lowest BCUT2D eigenvalue weighted by molar-refractivity contribution is -0.858. The Morgan fingerprint density at radius 3 is 2.85 bits per heavy atom. The first-order chi connectivity index (χ1) is 9.58. The second-order valence-electron chi connectivity index (χ2n) is 5.01. The number of quaternary nitrogens is 1. The molecule has 0 spiro atoms. The number of nitrogens with one attached hydrogen (secondary N) is 1. The van der Waals surface area contributed by atoms with Gasteiger partial charge in [-0.05, 0) is 12.1 Å². The zero-order valence-electron chi connectivity index (χ0n) is 11.8. The number of rotatable bonds is 7. The first-order valence-electron chi connectivity index (χ1n) is 6.65. The largest absolute Gasteiger partial charge is 0.549 e. The van der Waals surface area contributed by atoms with Crippen molar-refractivity contribution in [1.82, 2.24) is 9.55 Å². The fraction of sp³-hybridized carbons (Fsp3) is 0.429. The molecule has 0 aliphatic rings. The molecule has 2 aromatic rings. The van der Waals surface area contributed by atoms with Crippen LogP contribution in [0.1, 0.15) is 6.42 Å². The number of aryl methyl sites for hydroxylation is 1. The van der Waals surface area contributed by atoms with Crippen molar-refractivity contribution in [3.63, 3.8) is 0 Å². The van der Waals surface area contributed by atoms with Crippen molar-refractivity contribution >= 4 is 28.8 Å². The van der Waals surface area contributed by atoms with E-state index in [1.807, 2.05) is 24.3 Å². The van der Waals surface area contributed by atoms with Crippen molar-refractivity contribution in [2.75, 3.05) is 26.4 Å². The minimum absolute atomic E-state index is 0.0672. The molecule has 0 fully saturated rings. The van der Waals surface area contributed by atoms with Crippen LogP contribution < -0.4 is 10.0 Å². The number of carboxylic acids is 1. The van der Waals surface area contributed by atoms with E-state index >= 15 is 0 Å². The van der Waals surface area contributed by atoms with E-state index in [1.165, 1.54) is 16.7 Å². The predicted molar refractivity (Wildman–Crippen MR) is 77.8 cm³/mol. The van der Waals surface area contributed by atoms with Gasteiger partial charge in [0, 0.05) is 18.7 Å². The zero-order chi connectivity index (χ0) is 14.5. The van der Waals surface area contributed by atoms with Gasteiger partial charge < -0.3 is 19.4 Å². The van der Waals surface area contributed by atoms with Gasteiger partial charge in [0.05, 0.1) is 37.6 Å². The topological polar surface area (TPSA) is 62.4 Å². The van der Waals surface area contributed by atoms with Gasteiger partial charge in [0.1, 0.15) is 0 Å². The number of hydrogen-bond acceptors (Lipinski definition) is 4. The SMILES string of the molecule is C[NH+](C)CCCn1c(SCC(=O)[O-])nc2ccccc21. The fourth-order valence-corrected chi connectivity index (χ4v) is 2.85. The molecule has 0 atom stereocenters. The highest BCUT2D eigenvalue weighted by Crippen LogP contribution is 2.23. The van der Waals surface area contributed by atoms with Crippen LogP contribution >= 0.6 is 11.8 Å². The molecule has 5 nitrogen and oxygen atoms in total. The first-order valence-corrected chi connectivity index (χ1v) is 7.63. The first kappa shape index (κ1) is 14.9. The Hall–Kier alpha value is -1.53. The van der Waals surface area contributed by atoms with Gasteiger partial charge in [-0.25, -0.2) is 4.98 Å². The molecule has 0 bridgehead atoms. The minimum Gasteiger partial charge on any atom is -0.549 e. The third kappa shape index (κ3) is 3.74. The second-order valence-corrected chi connectivity index (χ2v) is 5.95. The molecule has 0 saturated carbocycles. The Kier molecular flexibility index (Phi) is 5.03. The van der Waals surface area contributed by atoms with Crippen LogP contribution in [0.2, 0.25) is 0 Å². The molecule has 0 radical (unpaired) electrons. The minimum atomic E-state index is -1.06. The molecule has 1 aromatic heterocycles. The summed E-state index contributed by atoms with van der Waals surface area (Å²) in [4.78, 5) is 16.5. The van der Waals surface area contributed by atoms with E-state index in [9.17, 15) is 9.90 Å². The number of imidazole rings is 1. The quantitative estimate of drug-likeness (QED) is 0.693. The van der Waals surface area contributed by atoms with E-state index in [2.05, 4.69) is 23.6 Å². The molecule has 1 N–H and O–H groups in total. The average Bonchev–Trinajstić information content (AvgIpc) is 2.74. The Balaban J connectivity index is 2.22. The number of para-hydroxylation sites is 2. The third-order valence-electron chi connectivity index (χ3n) is 3.00. The van der Waals surface area contributed by atoms with Crippen LogP contribution in [0, 0.1) is 0 Å². The van der Waals surface area contributed by atoms with Crippen molar-refractivity contribution in [3.05, 3.63) is 24.3 Å². The Bertz CT molecular complexity index is 595. The smallest absolute Gasteiger partial charge is 0.169 e. The number of carbonyl (C=O) groups is 1. The van der Waals surface area contributed by atoms with Crippen LogP contribution in [0.4, 0.5) is 0 Å². The maximum atomic E-state index is 10.6. The highest BCUT2D eigenvalue weighted by atomic mass is 32.2. The van der Waals surface area contributed by atoms with Crippen molar-refractivity contribution in [2.45, 2.75) is 18.1 Å². The predicted octanol–water partition coefficient (Wildman–Crippen LogP) is -0.587. The molecule has 0 aliphatic carbocycles. The Morgan fingerprint density at radius 2 is 2.15 bits per heavy atom. The fourth-order valence-electron chi connectivity index (χ4n) is 2.09. The van der Waals surface area contributed by atoms with Gasteiger partial charge in [-0.1, -0.05) is 23.9 Å². The van der Waals surface area contributed by atoms with Gasteiger partial charge in [-0.2, -0.15) is 0 Å². The van der Waals surface area contributed by atoms with Crippen LogP contribution in [0.5, 0.6) is 0 Å². The van der Waals surface area contributed by atoms with Gasteiger partial charge in [-0.3, -0.25) is 0 Å². The molecule has 108 valence electrons. The third-order valence-corrected chi connectivity index (χ3v) is 3.95. The molecule has 1 aromatic carbocycles. The van der Waals surface area contributed by atoms with E-state index in [4.69, 9.17) is 0 Å². The van der Waals surface area contributed by atoms with Crippen LogP contribution in [0.3, 0.4) is 0 Å². The molecule has 2 rings (SSSR count). The monoisotopic (exact) mass is 293 g/mol. The van der Waals surface area contributed by atoms with E-state index in [0.29, 0.717) is 0 Å². The number of benzene rings is 1. The summed E-state index contributed by atoms with van der Waals surface area (Å²) in [7, 11) is 4.25. The lowest BCUT2D eigenvalue weighted by Gasteiger charge is -2.11. The lowest BCUT2D eigenvalue weighted by atomic mass is 10.3.